The molecule has 1 aromatic carbocycles. The lowest BCUT2D eigenvalue weighted by Crippen LogP contribution is -2.40. The Morgan fingerprint density at radius 2 is 2.29 bits per heavy atom. The Bertz CT molecular complexity index is 488. The molecule has 2 aliphatic rings. The van der Waals surface area contributed by atoms with Gasteiger partial charge in [-0.3, -0.25) is 4.79 Å². The van der Waals surface area contributed by atoms with Gasteiger partial charge in [0, 0.05) is 18.7 Å². The minimum atomic E-state index is -0.387. The molecule has 3 rings (SSSR count). The van der Waals surface area contributed by atoms with E-state index in [2.05, 4.69) is 15.9 Å². The molecule has 0 aliphatic carbocycles. The van der Waals surface area contributed by atoms with Crippen LogP contribution in [0, 0.1) is 5.82 Å². The zero-order valence-corrected chi connectivity index (χ0v) is 10.7. The first-order valence-electron chi connectivity index (χ1n) is 5.54. The van der Waals surface area contributed by atoms with Crippen molar-refractivity contribution in [2.24, 2.45) is 0 Å². The first-order chi connectivity index (χ1) is 8.15. The molecule has 2 heterocycles. The smallest absolute Gasteiger partial charge is 0.254 e. The summed E-state index contributed by atoms with van der Waals surface area (Å²) in [6.45, 7) is 2.03. The molecule has 1 saturated heterocycles. The number of epoxide rings is 1. The number of halogens is 2. The standard InChI is InChI=1S/C12H11BrFNO2/c13-10-3-7-1-2-15(5-8-6-17-8)12(16)9(7)4-11(10)14/h3-4,8H,1-2,5-6H2. The molecule has 90 valence electrons. The Kier molecular flexibility index (Phi) is 2.67. The SMILES string of the molecule is O=C1c2cc(F)c(Br)cc2CCN1CC1CO1. The Morgan fingerprint density at radius 3 is 3.00 bits per heavy atom. The van der Waals surface area contributed by atoms with E-state index in [0.717, 1.165) is 18.6 Å². The molecule has 0 spiro atoms. The number of hydrogen-bond donors (Lipinski definition) is 0. The molecule has 0 N–H and O–H groups in total. The number of amides is 1. The predicted molar refractivity (Wildman–Crippen MR) is 63.4 cm³/mol. The average Bonchev–Trinajstić information content (AvgIpc) is 3.09. The van der Waals surface area contributed by atoms with Gasteiger partial charge in [0.05, 0.1) is 17.2 Å². The fraction of sp³-hybridized carbons (Fsp3) is 0.417. The van der Waals surface area contributed by atoms with Gasteiger partial charge in [-0.25, -0.2) is 4.39 Å². The number of ether oxygens (including phenoxy) is 1. The monoisotopic (exact) mass is 299 g/mol. The van der Waals surface area contributed by atoms with Gasteiger partial charge in [0.25, 0.3) is 5.91 Å². The molecule has 17 heavy (non-hydrogen) atoms. The van der Waals surface area contributed by atoms with Crippen LogP contribution in [0.4, 0.5) is 4.39 Å². The van der Waals surface area contributed by atoms with E-state index in [4.69, 9.17) is 4.74 Å². The molecule has 1 atom stereocenters. The molecule has 2 aliphatic heterocycles. The first-order valence-corrected chi connectivity index (χ1v) is 6.33. The molecule has 0 saturated carbocycles. The van der Waals surface area contributed by atoms with E-state index in [1.54, 1.807) is 11.0 Å². The summed E-state index contributed by atoms with van der Waals surface area (Å²) in [4.78, 5) is 13.9. The number of carbonyl (C=O) groups is 1. The zero-order valence-electron chi connectivity index (χ0n) is 9.08. The normalized spacial score (nSPS) is 22.6. The zero-order chi connectivity index (χ0) is 12.0. The van der Waals surface area contributed by atoms with Crippen LogP contribution in [0.25, 0.3) is 0 Å². The van der Waals surface area contributed by atoms with Gasteiger partial charge in [0.2, 0.25) is 0 Å². The molecule has 0 radical (unpaired) electrons. The number of carbonyl (C=O) groups excluding carboxylic acids is 1. The topological polar surface area (TPSA) is 32.8 Å². The van der Waals surface area contributed by atoms with Crippen molar-refractivity contribution in [1.29, 1.82) is 0 Å². The van der Waals surface area contributed by atoms with Crippen LogP contribution in [0.5, 0.6) is 0 Å². The molecule has 0 aromatic heterocycles. The van der Waals surface area contributed by atoms with Crippen molar-refractivity contribution in [1.82, 2.24) is 4.90 Å². The Morgan fingerprint density at radius 1 is 1.53 bits per heavy atom. The van der Waals surface area contributed by atoms with E-state index in [9.17, 15) is 9.18 Å². The maximum Gasteiger partial charge on any atom is 0.254 e. The number of rotatable bonds is 2. The minimum absolute atomic E-state index is 0.0897. The van der Waals surface area contributed by atoms with Crippen molar-refractivity contribution in [2.75, 3.05) is 19.7 Å². The Hall–Kier alpha value is -0.940. The van der Waals surface area contributed by atoms with Crippen molar-refractivity contribution in [3.05, 3.63) is 33.5 Å². The Balaban J connectivity index is 1.90. The van der Waals surface area contributed by atoms with Crippen molar-refractivity contribution < 1.29 is 13.9 Å². The van der Waals surface area contributed by atoms with E-state index in [-0.39, 0.29) is 17.8 Å². The van der Waals surface area contributed by atoms with Crippen LogP contribution in [0.15, 0.2) is 16.6 Å². The van der Waals surface area contributed by atoms with Gasteiger partial charge in [-0.05, 0) is 40.0 Å². The minimum Gasteiger partial charge on any atom is -0.371 e. The summed E-state index contributed by atoms with van der Waals surface area (Å²) < 4.78 is 19.0. The summed E-state index contributed by atoms with van der Waals surface area (Å²) in [5.41, 5.74) is 1.40. The van der Waals surface area contributed by atoms with E-state index < -0.39 is 0 Å². The third-order valence-electron chi connectivity index (χ3n) is 3.14. The molecule has 1 fully saturated rings. The number of fused-ring (bicyclic) bond motifs is 1. The number of nitrogens with zero attached hydrogens (tertiary/aromatic N) is 1. The number of hydrogen-bond acceptors (Lipinski definition) is 2. The molecule has 1 amide bonds. The fourth-order valence-electron chi connectivity index (χ4n) is 2.11. The van der Waals surface area contributed by atoms with Crippen molar-refractivity contribution in [3.8, 4) is 0 Å². The summed E-state index contributed by atoms with van der Waals surface area (Å²) in [6, 6.07) is 3.02. The van der Waals surface area contributed by atoms with E-state index in [0.29, 0.717) is 23.1 Å². The van der Waals surface area contributed by atoms with Crippen LogP contribution in [0.3, 0.4) is 0 Å². The lowest BCUT2D eigenvalue weighted by molar-refractivity contribution is 0.0726. The van der Waals surface area contributed by atoms with Crippen molar-refractivity contribution >= 4 is 21.8 Å². The molecule has 1 unspecified atom stereocenters. The summed E-state index contributed by atoms with van der Waals surface area (Å²) in [6.07, 6.45) is 0.952. The van der Waals surface area contributed by atoms with Crippen LogP contribution in [-0.2, 0) is 11.2 Å². The second kappa shape index (κ2) is 4.07. The maximum atomic E-state index is 13.4. The quantitative estimate of drug-likeness (QED) is 0.783. The summed E-state index contributed by atoms with van der Waals surface area (Å²) >= 11 is 3.14. The molecule has 5 heteroatoms. The summed E-state index contributed by atoms with van der Waals surface area (Å²) in [7, 11) is 0. The van der Waals surface area contributed by atoms with Crippen LogP contribution in [0.1, 0.15) is 15.9 Å². The van der Waals surface area contributed by atoms with Crippen LogP contribution < -0.4 is 0 Å². The van der Waals surface area contributed by atoms with Gasteiger partial charge in [0.15, 0.2) is 0 Å². The third kappa shape index (κ3) is 2.09. The summed E-state index contributed by atoms with van der Waals surface area (Å²) in [5.74, 6) is -0.477. The fourth-order valence-corrected chi connectivity index (χ4v) is 2.51. The molecule has 3 nitrogen and oxygen atoms in total. The average molecular weight is 300 g/mol. The van der Waals surface area contributed by atoms with Crippen LogP contribution in [-0.4, -0.2) is 36.6 Å². The molecule has 0 bridgehead atoms. The maximum absolute atomic E-state index is 13.4. The van der Waals surface area contributed by atoms with Gasteiger partial charge in [-0.1, -0.05) is 0 Å². The van der Waals surface area contributed by atoms with Gasteiger partial charge < -0.3 is 9.64 Å². The van der Waals surface area contributed by atoms with Crippen molar-refractivity contribution in [3.63, 3.8) is 0 Å². The van der Waals surface area contributed by atoms with Gasteiger partial charge in [-0.2, -0.15) is 0 Å². The molecular formula is C12H11BrFNO2. The number of benzene rings is 1. The van der Waals surface area contributed by atoms with Crippen LogP contribution in [0.2, 0.25) is 0 Å². The lowest BCUT2D eigenvalue weighted by Gasteiger charge is -2.28. The molecule has 1 aromatic rings. The van der Waals surface area contributed by atoms with E-state index in [1.807, 2.05) is 0 Å². The third-order valence-corrected chi connectivity index (χ3v) is 3.75. The Labute approximate surface area is 107 Å². The highest BCUT2D eigenvalue weighted by Crippen LogP contribution is 2.26. The van der Waals surface area contributed by atoms with Crippen LogP contribution >= 0.6 is 15.9 Å². The largest absolute Gasteiger partial charge is 0.371 e. The highest BCUT2D eigenvalue weighted by atomic mass is 79.9. The van der Waals surface area contributed by atoms with Crippen molar-refractivity contribution in [2.45, 2.75) is 12.5 Å². The highest BCUT2D eigenvalue weighted by Gasteiger charge is 2.31. The van der Waals surface area contributed by atoms with Gasteiger partial charge in [-0.15, -0.1) is 0 Å². The lowest BCUT2D eigenvalue weighted by atomic mass is 9.99. The molecular weight excluding hydrogens is 289 g/mol. The van der Waals surface area contributed by atoms with E-state index >= 15 is 0 Å². The highest BCUT2D eigenvalue weighted by molar-refractivity contribution is 9.10. The van der Waals surface area contributed by atoms with Gasteiger partial charge >= 0.3 is 0 Å². The first kappa shape index (κ1) is 11.2. The van der Waals surface area contributed by atoms with Gasteiger partial charge in [0.1, 0.15) is 5.82 Å². The summed E-state index contributed by atoms with van der Waals surface area (Å²) in [5, 5.41) is 0. The predicted octanol–water partition coefficient (Wildman–Crippen LogP) is 1.99. The second-order valence-electron chi connectivity index (χ2n) is 4.38. The second-order valence-corrected chi connectivity index (χ2v) is 5.23. The van der Waals surface area contributed by atoms with E-state index in [1.165, 1.54) is 6.07 Å².